The van der Waals surface area contributed by atoms with E-state index in [4.69, 9.17) is 23.2 Å². The van der Waals surface area contributed by atoms with Gasteiger partial charge in [0.1, 0.15) is 0 Å². The van der Waals surface area contributed by atoms with Crippen molar-refractivity contribution in [2.75, 3.05) is 17.2 Å². The summed E-state index contributed by atoms with van der Waals surface area (Å²) in [4.78, 5) is 21.8. The van der Waals surface area contributed by atoms with Gasteiger partial charge in [-0.25, -0.2) is 0 Å². The van der Waals surface area contributed by atoms with Crippen molar-refractivity contribution in [2.24, 2.45) is 0 Å². The van der Waals surface area contributed by atoms with E-state index in [0.717, 1.165) is 0 Å². The topological polar surface area (TPSA) is 84.3 Å². The van der Waals surface area contributed by atoms with E-state index in [-0.39, 0.29) is 18.1 Å². The van der Waals surface area contributed by atoms with E-state index in [1.54, 1.807) is 18.2 Å². The highest BCUT2D eigenvalue weighted by Crippen LogP contribution is 2.24. The minimum absolute atomic E-state index is 0.0228. The van der Waals surface area contributed by atoms with Gasteiger partial charge in [-0.2, -0.15) is 0 Å². The Morgan fingerprint density at radius 3 is 2.27 bits per heavy atom. The number of rotatable bonds is 5. The fourth-order valence-electron chi connectivity index (χ4n) is 1.66. The molecular formula is C14H11Cl2N3O3. The zero-order valence-corrected chi connectivity index (χ0v) is 12.7. The van der Waals surface area contributed by atoms with Crippen LogP contribution in [0.2, 0.25) is 10.0 Å². The quantitative estimate of drug-likeness (QED) is 0.637. The number of carbonyl (C=O) groups excluding carboxylic acids is 1. The van der Waals surface area contributed by atoms with Crippen LogP contribution in [0.1, 0.15) is 0 Å². The number of anilines is 2. The monoisotopic (exact) mass is 339 g/mol. The van der Waals surface area contributed by atoms with E-state index in [9.17, 15) is 14.9 Å². The van der Waals surface area contributed by atoms with Gasteiger partial charge >= 0.3 is 0 Å². The van der Waals surface area contributed by atoms with Crippen molar-refractivity contribution in [3.63, 3.8) is 0 Å². The molecule has 22 heavy (non-hydrogen) atoms. The minimum Gasteiger partial charge on any atom is -0.376 e. The van der Waals surface area contributed by atoms with Crippen molar-refractivity contribution in [2.45, 2.75) is 0 Å². The van der Waals surface area contributed by atoms with Gasteiger partial charge in [0.05, 0.1) is 21.5 Å². The normalized spacial score (nSPS) is 10.1. The molecule has 0 aliphatic rings. The number of benzene rings is 2. The summed E-state index contributed by atoms with van der Waals surface area (Å²) in [5, 5.41) is 16.9. The highest BCUT2D eigenvalue weighted by molar-refractivity contribution is 6.42. The standard InChI is InChI=1S/C14H11Cl2N3O3/c15-12-6-3-10(7-13(12)16)17-8-14(20)18-9-1-4-11(5-2-9)19(21)22/h1-7,17H,8H2,(H,18,20). The van der Waals surface area contributed by atoms with Crippen LogP contribution in [-0.4, -0.2) is 17.4 Å². The Hall–Kier alpha value is -2.31. The van der Waals surface area contributed by atoms with Crippen molar-refractivity contribution in [1.29, 1.82) is 0 Å². The Morgan fingerprint density at radius 1 is 1.05 bits per heavy atom. The SMILES string of the molecule is O=C(CNc1ccc(Cl)c(Cl)c1)Nc1ccc([N+](=O)[O-])cc1. The molecule has 8 heteroatoms. The van der Waals surface area contributed by atoms with E-state index in [1.165, 1.54) is 24.3 Å². The molecule has 0 aliphatic heterocycles. The lowest BCUT2D eigenvalue weighted by molar-refractivity contribution is -0.384. The molecule has 0 unspecified atom stereocenters. The molecule has 1 amide bonds. The summed E-state index contributed by atoms with van der Waals surface area (Å²) in [6.45, 7) is 0.0228. The summed E-state index contributed by atoms with van der Waals surface area (Å²) < 4.78 is 0. The Bertz CT molecular complexity index is 705. The van der Waals surface area contributed by atoms with Crippen LogP contribution in [-0.2, 0) is 4.79 Å². The van der Waals surface area contributed by atoms with E-state index < -0.39 is 4.92 Å². The van der Waals surface area contributed by atoms with Gasteiger partial charge < -0.3 is 10.6 Å². The van der Waals surface area contributed by atoms with Gasteiger partial charge in [-0.1, -0.05) is 23.2 Å². The average Bonchev–Trinajstić information content (AvgIpc) is 2.49. The second-order valence-corrected chi connectivity index (χ2v) is 5.15. The van der Waals surface area contributed by atoms with Crippen LogP contribution in [0.5, 0.6) is 0 Å². The van der Waals surface area contributed by atoms with Gasteiger partial charge in [0.2, 0.25) is 5.91 Å². The van der Waals surface area contributed by atoms with Crippen LogP contribution in [0.4, 0.5) is 17.1 Å². The van der Waals surface area contributed by atoms with Crippen molar-refractivity contribution in [1.82, 2.24) is 0 Å². The number of nitrogens with zero attached hydrogens (tertiary/aromatic N) is 1. The van der Waals surface area contributed by atoms with Gasteiger partial charge in [-0.15, -0.1) is 0 Å². The van der Waals surface area contributed by atoms with Crippen molar-refractivity contribution < 1.29 is 9.72 Å². The number of nitro benzene ring substituents is 1. The predicted molar refractivity (Wildman–Crippen MR) is 86.7 cm³/mol. The van der Waals surface area contributed by atoms with Crippen molar-refractivity contribution in [3.05, 3.63) is 62.6 Å². The third kappa shape index (κ3) is 4.34. The number of nitro groups is 1. The van der Waals surface area contributed by atoms with E-state index in [1.807, 2.05) is 0 Å². The molecule has 0 atom stereocenters. The second kappa shape index (κ2) is 7.11. The number of hydrogen-bond acceptors (Lipinski definition) is 4. The first-order valence-corrected chi connectivity index (χ1v) is 6.94. The molecular weight excluding hydrogens is 329 g/mol. The van der Waals surface area contributed by atoms with Gasteiger partial charge in [0, 0.05) is 23.5 Å². The third-order valence-electron chi connectivity index (χ3n) is 2.73. The summed E-state index contributed by atoms with van der Waals surface area (Å²) in [7, 11) is 0. The minimum atomic E-state index is -0.503. The Balaban J connectivity index is 1.89. The van der Waals surface area contributed by atoms with Crippen molar-refractivity contribution >= 4 is 46.2 Å². The van der Waals surface area contributed by atoms with Gasteiger partial charge in [0.15, 0.2) is 0 Å². The summed E-state index contributed by atoms with van der Waals surface area (Å²) in [5.41, 5.74) is 1.10. The molecule has 2 N–H and O–H groups in total. The molecule has 0 saturated carbocycles. The molecule has 0 radical (unpaired) electrons. The highest BCUT2D eigenvalue weighted by Gasteiger charge is 2.07. The number of halogens is 2. The van der Waals surface area contributed by atoms with E-state index in [2.05, 4.69) is 10.6 Å². The number of carbonyl (C=O) groups is 1. The molecule has 0 heterocycles. The van der Waals surface area contributed by atoms with Crippen molar-refractivity contribution in [3.8, 4) is 0 Å². The smallest absolute Gasteiger partial charge is 0.269 e. The highest BCUT2D eigenvalue weighted by atomic mass is 35.5. The van der Waals surface area contributed by atoms with Crippen LogP contribution in [0.25, 0.3) is 0 Å². The Morgan fingerprint density at radius 2 is 1.68 bits per heavy atom. The molecule has 0 aromatic heterocycles. The van der Waals surface area contributed by atoms with Gasteiger partial charge in [-0.05, 0) is 30.3 Å². The van der Waals surface area contributed by atoms with Crippen LogP contribution < -0.4 is 10.6 Å². The lowest BCUT2D eigenvalue weighted by Crippen LogP contribution is -2.21. The molecule has 0 aliphatic carbocycles. The van der Waals surface area contributed by atoms with E-state index in [0.29, 0.717) is 21.4 Å². The molecule has 0 saturated heterocycles. The predicted octanol–water partition coefficient (Wildman–Crippen LogP) is 3.95. The zero-order valence-electron chi connectivity index (χ0n) is 11.2. The number of non-ortho nitro benzene ring substituents is 1. The van der Waals surface area contributed by atoms with Crippen LogP contribution in [0.3, 0.4) is 0 Å². The number of amides is 1. The first-order chi connectivity index (χ1) is 10.5. The number of hydrogen-bond donors (Lipinski definition) is 2. The summed E-state index contributed by atoms with van der Waals surface area (Å²) in [6, 6.07) is 10.5. The first kappa shape index (κ1) is 16.1. The molecule has 6 nitrogen and oxygen atoms in total. The first-order valence-electron chi connectivity index (χ1n) is 6.19. The molecule has 114 valence electrons. The maximum atomic E-state index is 11.8. The van der Waals surface area contributed by atoms with Crippen LogP contribution in [0, 0.1) is 10.1 Å². The van der Waals surface area contributed by atoms with E-state index >= 15 is 0 Å². The maximum Gasteiger partial charge on any atom is 0.269 e. The fourth-order valence-corrected chi connectivity index (χ4v) is 1.96. The zero-order chi connectivity index (χ0) is 16.1. The molecule has 0 spiro atoms. The molecule has 0 bridgehead atoms. The Kier molecular flexibility index (Phi) is 5.19. The summed E-state index contributed by atoms with van der Waals surface area (Å²) in [6.07, 6.45) is 0. The third-order valence-corrected chi connectivity index (χ3v) is 3.47. The average molecular weight is 340 g/mol. The molecule has 2 rings (SSSR count). The second-order valence-electron chi connectivity index (χ2n) is 4.33. The molecule has 0 fully saturated rings. The maximum absolute atomic E-state index is 11.8. The Labute approximate surface area is 136 Å². The molecule has 2 aromatic rings. The summed E-state index contributed by atoms with van der Waals surface area (Å²) >= 11 is 11.7. The van der Waals surface area contributed by atoms with Gasteiger partial charge in [0.25, 0.3) is 5.69 Å². The molecule has 2 aromatic carbocycles. The van der Waals surface area contributed by atoms with Gasteiger partial charge in [-0.3, -0.25) is 14.9 Å². The van der Waals surface area contributed by atoms with Crippen LogP contribution >= 0.6 is 23.2 Å². The van der Waals surface area contributed by atoms with Crippen LogP contribution in [0.15, 0.2) is 42.5 Å². The lowest BCUT2D eigenvalue weighted by atomic mass is 10.3. The lowest BCUT2D eigenvalue weighted by Gasteiger charge is -2.08. The summed E-state index contributed by atoms with van der Waals surface area (Å²) in [5.74, 6) is -0.292. The number of nitrogens with one attached hydrogen (secondary N) is 2. The fraction of sp³-hybridized carbons (Fsp3) is 0.0714. The largest absolute Gasteiger partial charge is 0.376 e.